The number of hydrogen-bond acceptors (Lipinski definition) is 2. The maximum atomic E-state index is 11.8. The summed E-state index contributed by atoms with van der Waals surface area (Å²) in [7, 11) is 0. The maximum absolute atomic E-state index is 11.8. The molecule has 0 aromatic carbocycles. The van der Waals surface area contributed by atoms with E-state index in [0.29, 0.717) is 5.92 Å². The Balaban J connectivity index is 1.69. The zero-order valence-electron chi connectivity index (χ0n) is 11.1. The van der Waals surface area contributed by atoms with Gasteiger partial charge in [-0.05, 0) is 50.5 Å². The summed E-state index contributed by atoms with van der Waals surface area (Å²) in [5, 5.41) is 12.5. The molecule has 0 spiro atoms. The molecule has 0 saturated heterocycles. The van der Waals surface area contributed by atoms with E-state index in [1.807, 2.05) is 0 Å². The summed E-state index contributed by atoms with van der Waals surface area (Å²) in [6.45, 7) is 0. The Bertz CT molecular complexity index is 287. The van der Waals surface area contributed by atoms with Crippen LogP contribution in [0.25, 0.3) is 0 Å². The Morgan fingerprint density at radius 2 is 1.67 bits per heavy atom. The van der Waals surface area contributed by atoms with E-state index in [1.54, 1.807) is 6.08 Å². The molecule has 2 rings (SSSR count). The smallest absolute Gasteiger partial charge is 0.243 e. The highest BCUT2D eigenvalue weighted by Gasteiger charge is 2.20. The summed E-state index contributed by atoms with van der Waals surface area (Å²) in [5.74, 6) is 0.652. The first-order valence-electron chi connectivity index (χ1n) is 7.41. The molecule has 1 amide bonds. The minimum absolute atomic E-state index is 0.0435. The third-order valence-electron chi connectivity index (χ3n) is 4.21. The Morgan fingerprint density at radius 1 is 1.00 bits per heavy atom. The van der Waals surface area contributed by atoms with Crippen molar-refractivity contribution in [3.05, 3.63) is 12.2 Å². The van der Waals surface area contributed by atoms with Gasteiger partial charge in [0.15, 0.2) is 0 Å². The summed E-state index contributed by atoms with van der Waals surface area (Å²) in [6, 6.07) is 0.261. The number of aliphatic hydroxyl groups is 1. The van der Waals surface area contributed by atoms with E-state index in [9.17, 15) is 9.90 Å². The molecule has 0 bridgehead atoms. The first kappa shape index (κ1) is 13.6. The van der Waals surface area contributed by atoms with Gasteiger partial charge < -0.3 is 10.4 Å². The lowest BCUT2D eigenvalue weighted by molar-refractivity contribution is -0.117. The van der Waals surface area contributed by atoms with Gasteiger partial charge in [-0.1, -0.05) is 25.3 Å². The standard InChI is InChI=1S/C15H25NO2/c17-14-9-7-13(8-10-14)16-15(18)11-6-12-4-2-1-3-5-12/h6,11-14,17H,1-5,7-10H2,(H,16,18). The number of carbonyl (C=O) groups is 1. The Hall–Kier alpha value is -0.830. The van der Waals surface area contributed by atoms with Crippen molar-refractivity contribution in [3.63, 3.8) is 0 Å². The number of carbonyl (C=O) groups excluding carboxylic acids is 1. The minimum atomic E-state index is -0.157. The van der Waals surface area contributed by atoms with Gasteiger partial charge in [-0.15, -0.1) is 0 Å². The molecule has 2 aliphatic carbocycles. The molecule has 2 aliphatic rings. The molecule has 2 fully saturated rings. The Labute approximate surface area is 110 Å². The van der Waals surface area contributed by atoms with Gasteiger partial charge in [-0.3, -0.25) is 4.79 Å². The van der Waals surface area contributed by atoms with Crippen LogP contribution < -0.4 is 5.32 Å². The summed E-state index contributed by atoms with van der Waals surface area (Å²) < 4.78 is 0. The molecule has 0 aromatic rings. The number of rotatable bonds is 3. The molecule has 3 nitrogen and oxygen atoms in total. The highest BCUT2D eigenvalue weighted by atomic mass is 16.3. The molecule has 2 N–H and O–H groups in total. The molecule has 102 valence electrons. The normalized spacial score (nSPS) is 30.5. The van der Waals surface area contributed by atoms with Crippen LogP contribution in [0.4, 0.5) is 0 Å². The second-order valence-electron chi connectivity index (χ2n) is 5.77. The van der Waals surface area contributed by atoms with Gasteiger partial charge in [-0.2, -0.15) is 0 Å². The van der Waals surface area contributed by atoms with Crippen molar-refractivity contribution in [1.29, 1.82) is 0 Å². The predicted molar refractivity (Wildman–Crippen MR) is 72.1 cm³/mol. The van der Waals surface area contributed by atoms with Crippen molar-refractivity contribution in [1.82, 2.24) is 5.32 Å². The fourth-order valence-corrected chi connectivity index (χ4v) is 3.02. The lowest BCUT2D eigenvalue weighted by Gasteiger charge is -2.25. The molecule has 3 heteroatoms. The molecule has 0 radical (unpaired) electrons. The van der Waals surface area contributed by atoms with Gasteiger partial charge in [0.05, 0.1) is 6.10 Å². The number of hydrogen-bond donors (Lipinski definition) is 2. The minimum Gasteiger partial charge on any atom is -0.393 e. The fourth-order valence-electron chi connectivity index (χ4n) is 3.02. The number of allylic oxidation sites excluding steroid dienone is 1. The predicted octanol–water partition coefficient (Wildman–Crippen LogP) is 2.54. The lowest BCUT2D eigenvalue weighted by Crippen LogP contribution is -2.37. The molecule has 18 heavy (non-hydrogen) atoms. The first-order valence-corrected chi connectivity index (χ1v) is 7.41. The fraction of sp³-hybridized carbons (Fsp3) is 0.800. The van der Waals surface area contributed by atoms with Crippen molar-refractivity contribution in [2.24, 2.45) is 5.92 Å². The van der Waals surface area contributed by atoms with Crippen molar-refractivity contribution in [2.45, 2.75) is 69.9 Å². The number of nitrogens with one attached hydrogen (secondary N) is 1. The lowest BCUT2D eigenvalue weighted by atomic mass is 9.89. The summed E-state index contributed by atoms with van der Waals surface area (Å²) in [4.78, 5) is 11.8. The van der Waals surface area contributed by atoms with E-state index in [0.717, 1.165) is 25.7 Å². The summed E-state index contributed by atoms with van der Waals surface area (Å²) in [5.41, 5.74) is 0. The molecule has 0 aromatic heterocycles. The van der Waals surface area contributed by atoms with Crippen LogP contribution in [0.3, 0.4) is 0 Å². The first-order chi connectivity index (χ1) is 8.74. The van der Waals surface area contributed by atoms with E-state index in [4.69, 9.17) is 0 Å². The highest BCUT2D eigenvalue weighted by Crippen LogP contribution is 2.24. The van der Waals surface area contributed by atoms with E-state index < -0.39 is 0 Å². The average Bonchev–Trinajstić information content (AvgIpc) is 2.40. The van der Waals surface area contributed by atoms with Gasteiger partial charge in [0.1, 0.15) is 0 Å². The number of amides is 1. The molecule has 0 unspecified atom stereocenters. The Kier molecular flexibility index (Phi) is 5.24. The second kappa shape index (κ2) is 6.93. The number of aliphatic hydroxyl groups excluding tert-OH is 1. The molecule has 0 heterocycles. The third kappa shape index (κ3) is 4.45. The topological polar surface area (TPSA) is 49.3 Å². The van der Waals surface area contributed by atoms with Crippen molar-refractivity contribution in [2.75, 3.05) is 0 Å². The third-order valence-corrected chi connectivity index (χ3v) is 4.21. The largest absolute Gasteiger partial charge is 0.393 e. The van der Waals surface area contributed by atoms with Crippen LogP contribution in [0.15, 0.2) is 12.2 Å². The van der Waals surface area contributed by atoms with Crippen LogP contribution in [-0.2, 0) is 4.79 Å². The van der Waals surface area contributed by atoms with Crippen LogP contribution >= 0.6 is 0 Å². The van der Waals surface area contributed by atoms with E-state index in [-0.39, 0.29) is 18.1 Å². The van der Waals surface area contributed by atoms with Gasteiger partial charge in [0.2, 0.25) is 5.91 Å². The summed E-state index contributed by atoms with van der Waals surface area (Å²) >= 11 is 0. The second-order valence-corrected chi connectivity index (χ2v) is 5.77. The van der Waals surface area contributed by atoms with Crippen molar-refractivity contribution < 1.29 is 9.90 Å². The average molecular weight is 251 g/mol. The van der Waals surface area contributed by atoms with Gasteiger partial charge in [-0.25, -0.2) is 0 Å². The van der Waals surface area contributed by atoms with Crippen LogP contribution in [0.1, 0.15) is 57.8 Å². The molecular weight excluding hydrogens is 226 g/mol. The zero-order valence-corrected chi connectivity index (χ0v) is 11.1. The maximum Gasteiger partial charge on any atom is 0.243 e. The van der Waals surface area contributed by atoms with E-state index in [2.05, 4.69) is 11.4 Å². The summed E-state index contributed by atoms with van der Waals surface area (Å²) in [6.07, 6.45) is 13.5. The van der Waals surface area contributed by atoms with Gasteiger partial charge >= 0.3 is 0 Å². The highest BCUT2D eigenvalue weighted by molar-refractivity contribution is 5.87. The zero-order chi connectivity index (χ0) is 12.8. The molecule has 0 aliphatic heterocycles. The van der Waals surface area contributed by atoms with Crippen molar-refractivity contribution in [3.8, 4) is 0 Å². The quantitative estimate of drug-likeness (QED) is 0.757. The molecular formula is C15H25NO2. The molecule has 2 saturated carbocycles. The molecule has 0 atom stereocenters. The van der Waals surface area contributed by atoms with E-state index >= 15 is 0 Å². The van der Waals surface area contributed by atoms with Crippen LogP contribution in [-0.4, -0.2) is 23.2 Å². The van der Waals surface area contributed by atoms with Gasteiger partial charge in [0, 0.05) is 6.04 Å². The van der Waals surface area contributed by atoms with Crippen LogP contribution in [0, 0.1) is 5.92 Å². The van der Waals surface area contributed by atoms with Crippen LogP contribution in [0.5, 0.6) is 0 Å². The Morgan fingerprint density at radius 3 is 2.33 bits per heavy atom. The van der Waals surface area contributed by atoms with Crippen molar-refractivity contribution >= 4 is 5.91 Å². The van der Waals surface area contributed by atoms with Gasteiger partial charge in [0.25, 0.3) is 0 Å². The van der Waals surface area contributed by atoms with Crippen LogP contribution in [0.2, 0.25) is 0 Å². The monoisotopic (exact) mass is 251 g/mol. The van der Waals surface area contributed by atoms with E-state index in [1.165, 1.54) is 32.1 Å². The SMILES string of the molecule is O=C(C=CC1CCCCC1)NC1CCC(O)CC1.